The molecular formula is C9H14N4O. The fraction of sp³-hybridized carbons (Fsp3) is 0.444. The third kappa shape index (κ3) is 2.42. The summed E-state index contributed by atoms with van der Waals surface area (Å²) in [4.78, 5) is 21.0. The highest BCUT2D eigenvalue weighted by molar-refractivity contribution is 5.91. The summed E-state index contributed by atoms with van der Waals surface area (Å²) in [6.45, 7) is 2.72. The van der Waals surface area contributed by atoms with Crippen LogP contribution in [0, 0.1) is 0 Å². The highest BCUT2D eigenvalue weighted by atomic mass is 16.2. The first-order valence-electron chi connectivity index (χ1n) is 4.42. The van der Waals surface area contributed by atoms with Crippen molar-refractivity contribution in [1.29, 1.82) is 0 Å². The zero-order valence-electron chi connectivity index (χ0n) is 8.61. The molecule has 0 spiro atoms. The average molecular weight is 194 g/mol. The molecule has 0 aromatic carbocycles. The number of carbonyl (C=O) groups is 1. The Hall–Kier alpha value is -1.65. The molecule has 0 saturated carbocycles. The van der Waals surface area contributed by atoms with Crippen LogP contribution in [0.5, 0.6) is 0 Å². The van der Waals surface area contributed by atoms with Crippen LogP contribution in [0.3, 0.4) is 0 Å². The first-order chi connectivity index (χ1) is 6.65. The monoisotopic (exact) mass is 194 g/mol. The molecule has 1 aromatic heterocycles. The Kier molecular flexibility index (Phi) is 3.39. The first-order valence-corrected chi connectivity index (χ1v) is 4.42. The summed E-state index contributed by atoms with van der Waals surface area (Å²) in [6, 6.07) is 0. The van der Waals surface area contributed by atoms with Gasteiger partial charge in [0.2, 0.25) is 0 Å². The molecule has 1 amide bonds. The van der Waals surface area contributed by atoms with Crippen molar-refractivity contribution in [2.24, 2.45) is 0 Å². The number of hydrogen-bond acceptors (Lipinski definition) is 4. The predicted octanol–water partition coefficient (Wildman–Crippen LogP) is 0.610. The molecule has 5 nitrogen and oxygen atoms in total. The van der Waals surface area contributed by atoms with Crippen molar-refractivity contribution in [2.45, 2.75) is 6.92 Å². The standard InChI is InChI=1S/C9H14N4O/c1-4-11-8-6-10-5-7(12-8)9(14)13(2)3/h5-6H,4H2,1-3H3,(H,11,12). The lowest BCUT2D eigenvalue weighted by molar-refractivity contribution is 0.0821. The molecule has 76 valence electrons. The van der Waals surface area contributed by atoms with Gasteiger partial charge in [0.1, 0.15) is 11.5 Å². The minimum Gasteiger partial charge on any atom is -0.369 e. The summed E-state index contributed by atoms with van der Waals surface area (Å²) in [7, 11) is 3.37. The lowest BCUT2D eigenvalue weighted by atomic mass is 10.4. The van der Waals surface area contributed by atoms with Crippen molar-refractivity contribution in [3.63, 3.8) is 0 Å². The first kappa shape index (κ1) is 10.4. The van der Waals surface area contributed by atoms with E-state index in [1.807, 2.05) is 6.92 Å². The Morgan fingerprint density at radius 2 is 2.21 bits per heavy atom. The molecule has 0 aliphatic heterocycles. The second-order valence-corrected chi connectivity index (χ2v) is 3.02. The predicted molar refractivity (Wildman–Crippen MR) is 54.2 cm³/mol. The SMILES string of the molecule is CCNc1cncc(C(=O)N(C)C)n1. The van der Waals surface area contributed by atoms with Crippen molar-refractivity contribution in [2.75, 3.05) is 26.0 Å². The zero-order valence-corrected chi connectivity index (χ0v) is 8.61. The fourth-order valence-electron chi connectivity index (χ4n) is 0.964. The number of nitrogens with one attached hydrogen (secondary N) is 1. The van der Waals surface area contributed by atoms with Gasteiger partial charge in [0.25, 0.3) is 5.91 Å². The summed E-state index contributed by atoms with van der Waals surface area (Å²) in [5, 5.41) is 3.00. The van der Waals surface area contributed by atoms with Gasteiger partial charge in [-0.2, -0.15) is 0 Å². The van der Waals surface area contributed by atoms with E-state index in [9.17, 15) is 4.79 Å². The van der Waals surface area contributed by atoms with Gasteiger partial charge < -0.3 is 10.2 Å². The molecule has 0 aliphatic carbocycles. The molecule has 1 rings (SSSR count). The molecule has 0 atom stereocenters. The molecule has 1 N–H and O–H groups in total. The van der Waals surface area contributed by atoms with Gasteiger partial charge in [0, 0.05) is 20.6 Å². The van der Waals surface area contributed by atoms with Gasteiger partial charge in [-0.05, 0) is 6.92 Å². The summed E-state index contributed by atoms with van der Waals surface area (Å²) in [5.41, 5.74) is 0.355. The Bertz CT molecular complexity index is 324. The molecule has 0 unspecified atom stereocenters. The summed E-state index contributed by atoms with van der Waals surface area (Å²) >= 11 is 0. The van der Waals surface area contributed by atoms with E-state index in [0.717, 1.165) is 6.54 Å². The van der Waals surface area contributed by atoms with Crippen molar-refractivity contribution in [1.82, 2.24) is 14.9 Å². The highest BCUT2D eigenvalue weighted by Crippen LogP contribution is 2.03. The van der Waals surface area contributed by atoms with E-state index in [4.69, 9.17) is 0 Å². The van der Waals surface area contributed by atoms with Gasteiger partial charge in [-0.25, -0.2) is 4.98 Å². The Morgan fingerprint density at radius 1 is 1.50 bits per heavy atom. The highest BCUT2D eigenvalue weighted by Gasteiger charge is 2.10. The van der Waals surface area contributed by atoms with Crippen LogP contribution in [0.1, 0.15) is 17.4 Å². The Balaban J connectivity index is 2.88. The van der Waals surface area contributed by atoms with Crippen molar-refractivity contribution >= 4 is 11.7 Å². The van der Waals surface area contributed by atoms with Crippen LogP contribution in [0.15, 0.2) is 12.4 Å². The normalized spacial score (nSPS) is 9.64. The van der Waals surface area contributed by atoms with Gasteiger partial charge in [-0.15, -0.1) is 0 Å². The molecule has 0 aliphatic rings. The molecule has 0 fully saturated rings. The molecule has 5 heteroatoms. The third-order valence-electron chi connectivity index (χ3n) is 1.62. The Labute approximate surface area is 83.2 Å². The molecule has 1 aromatic rings. The molecule has 1 heterocycles. The van der Waals surface area contributed by atoms with Crippen LogP contribution in [0.25, 0.3) is 0 Å². The number of amides is 1. The van der Waals surface area contributed by atoms with Crippen LogP contribution >= 0.6 is 0 Å². The van der Waals surface area contributed by atoms with Crippen molar-refractivity contribution in [3.05, 3.63) is 18.1 Å². The molecular weight excluding hydrogens is 180 g/mol. The molecule has 14 heavy (non-hydrogen) atoms. The topological polar surface area (TPSA) is 58.1 Å². The van der Waals surface area contributed by atoms with Gasteiger partial charge in [-0.1, -0.05) is 0 Å². The number of hydrogen-bond donors (Lipinski definition) is 1. The van der Waals surface area contributed by atoms with E-state index in [0.29, 0.717) is 11.5 Å². The maximum absolute atomic E-state index is 11.5. The van der Waals surface area contributed by atoms with Gasteiger partial charge in [0.15, 0.2) is 0 Å². The van der Waals surface area contributed by atoms with E-state index in [2.05, 4.69) is 15.3 Å². The second kappa shape index (κ2) is 4.55. The van der Waals surface area contributed by atoms with Gasteiger partial charge in [-0.3, -0.25) is 9.78 Å². The van der Waals surface area contributed by atoms with Crippen LogP contribution in [-0.2, 0) is 0 Å². The van der Waals surface area contributed by atoms with E-state index >= 15 is 0 Å². The van der Waals surface area contributed by atoms with Crippen LogP contribution in [0.2, 0.25) is 0 Å². The van der Waals surface area contributed by atoms with Crippen molar-refractivity contribution < 1.29 is 4.79 Å². The number of nitrogens with zero attached hydrogens (tertiary/aromatic N) is 3. The quantitative estimate of drug-likeness (QED) is 0.766. The molecule has 0 saturated heterocycles. The number of anilines is 1. The molecule has 0 radical (unpaired) electrons. The fourth-order valence-corrected chi connectivity index (χ4v) is 0.964. The maximum Gasteiger partial charge on any atom is 0.273 e. The largest absolute Gasteiger partial charge is 0.369 e. The van der Waals surface area contributed by atoms with Gasteiger partial charge in [0.05, 0.1) is 12.4 Å². The number of aromatic nitrogens is 2. The van der Waals surface area contributed by atoms with Crippen LogP contribution in [-0.4, -0.2) is 41.4 Å². The summed E-state index contributed by atoms with van der Waals surface area (Å²) in [5.74, 6) is 0.484. The molecule has 0 bridgehead atoms. The van der Waals surface area contributed by atoms with Crippen LogP contribution < -0.4 is 5.32 Å². The second-order valence-electron chi connectivity index (χ2n) is 3.02. The van der Waals surface area contributed by atoms with E-state index < -0.39 is 0 Å². The minimum atomic E-state index is -0.141. The lowest BCUT2D eigenvalue weighted by Gasteiger charge is -2.09. The number of rotatable bonds is 3. The Morgan fingerprint density at radius 3 is 2.79 bits per heavy atom. The lowest BCUT2D eigenvalue weighted by Crippen LogP contribution is -2.23. The third-order valence-corrected chi connectivity index (χ3v) is 1.62. The van der Waals surface area contributed by atoms with E-state index in [1.54, 1.807) is 20.3 Å². The minimum absolute atomic E-state index is 0.141. The summed E-state index contributed by atoms with van der Waals surface area (Å²) in [6.07, 6.45) is 3.05. The van der Waals surface area contributed by atoms with Gasteiger partial charge >= 0.3 is 0 Å². The van der Waals surface area contributed by atoms with E-state index in [1.165, 1.54) is 11.1 Å². The maximum atomic E-state index is 11.5. The summed E-state index contributed by atoms with van der Waals surface area (Å²) < 4.78 is 0. The smallest absolute Gasteiger partial charge is 0.273 e. The van der Waals surface area contributed by atoms with E-state index in [-0.39, 0.29) is 5.91 Å². The van der Waals surface area contributed by atoms with Crippen molar-refractivity contribution in [3.8, 4) is 0 Å². The van der Waals surface area contributed by atoms with Crippen LogP contribution in [0.4, 0.5) is 5.82 Å². The number of carbonyl (C=O) groups excluding carboxylic acids is 1. The average Bonchev–Trinajstić information content (AvgIpc) is 2.17. The zero-order chi connectivity index (χ0) is 10.6.